The molecule has 5 aliphatic heterocycles. The minimum absolute atomic E-state index is 0.0147. The summed E-state index contributed by atoms with van der Waals surface area (Å²) < 4.78 is 152. The quantitative estimate of drug-likeness (QED) is 0.0206. The number of rotatable bonds is 28. The van der Waals surface area contributed by atoms with Gasteiger partial charge in [-0.3, -0.25) is 83.1 Å². The zero-order chi connectivity index (χ0) is 77.7. The van der Waals surface area contributed by atoms with Gasteiger partial charge in [0.15, 0.2) is 64.2 Å². The molecule has 14 heterocycles. The number of phosphoric ester groups is 5. The van der Waals surface area contributed by atoms with Crippen LogP contribution in [0.25, 0.3) is 44.7 Å². The van der Waals surface area contributed by atoms with Crippen molar-refractivity contribution in [2.75, 3.05) is 56.0 Å². The molecule has 0 spiro atoms. The van der Waals surface area contributed by atoms with Crippen LogP contribution in [0.4, 0.5) is 23.4 Å². The number of nitrogens with zero attached hydrogens (tertiary/aromatic N) is 16. The summed E-state index contributed by atoms with van der Waals surface area (Å²) in [6.45, 7) is -4.33. The van der Waals surface area contributed by atoms with E-state index in [9.17, 15) is 87.0 Å². The van der Waals surface area contributed by atoms with E-state index in [1.165, 1.54) is 17.8 Å². The highest BCUT2D eigenvalue weighted by molar-refractivity contribution is 7.48. The number of aromatic nitrogens is 18. The molecule has 54 nitrogen and oxygen atoms in total. The molecule has 14 rings (SSSR count). The summed E-state index contributed by atoms with van der Waals surface area (Å²) in [5.41, 5.74) is 20.3. The summed E-state index contributed by atoms with van der Waals surface area (Å²) in [7, 11) is -28.1. The Morgan fingerprint density at radius 2 is 0.835 bits per heavy atom. The van der Waals surface area contributed by atoms with E-state index >= 15 is 0 Å². The van der Waals surface area contributed by atoms with Crippen LogP contribution in [0.3, 0.4) is 0 Å². The molecule has 20 N–H and O–H groups in total. The van der Waals surface area contributed by atoms with E-state index < -0.39 is 217 Å². The van der Waals surface area contributed by atoms with E-state index in [1.807, 2.05) is 4.98 Å². The van der Waals surface area contributed by atoms with Crippen LogP contribution in [0, 0.1) is 6.92 Å². The summed E-state index contributed by atoms with van der Waals surface area (Å²) >= 11 is 0. The molecule has 0 saturated carbocycles. The van der Waals surface area contributed by atoms with Gasteiger partial charge in [0.2, 0.25) is 5.95 Å². The number of H-pyrrole nitrogens is 2. The van der Waals surface area contributed by atoms with E-state index in [4.69, 9.17) is 87.3 Å². The van der Waals surface area contributed by atoms with Crippen molar-refractivity contribution >= 4 is 107 Å². The molecule has 9 aromatic rings. The lowest BCUT2D eigenvalue weighted by molar-refractivity contribution is -0.0643. The van der Waals surface area contributed by atoms with Crippen molar-refractivity contribution in [3.63, 3.8) is 0 Å². The van der Waals surface area contributed by atoms with Crippen molar-refractivity contribution in [2.24, 2.45) is 0 Å². The number of aromatic amines is 2. The maximum atomic E-state index is 14.4. The maximum absolute atomic E-state index is 14.4. The molecule has 22 atom stereocenters. The van der Waals surface area contributed by atoms with Crippen LogP contribution in [-0.4, -0.2) is 250 Å². The normalized spacial score (nSPS) is 30.4. The van der Waals surface area contributed by atoms with Gasteiger partial charge < -0.3 is 96.4 Å². The average molecular weight is 1640 g/mol. The third-order valence-electron chi connectivity index (χ3n) is 17.6. The van der Waals surface area contributed by atoms with Crippen molar-refractivity contribution in [2.45, 2.75) is 130 Å². The van der Waals surface area contributed by atoms with E-state index in [-0.39, 0.29) is 68.6 Å². The Labute approximate surface area is 603 Å². The van der Waals surface area contributed by atoms with Gasteiger partial charge in [0, 0.05) is 24.6 Å². The molecule has 0 bridgehead atoms. The van der Waals surface area contributed by atoms with Crippen molar-refractivity contribution in [3.05, 3.63) is 87.2 Å². The monoisotopic (exact) mass is 1640 g/mol. The van der Waals surface area contributed by atoms with Crippen LogP contribution < -0.4 is 39.7 Å². The zero-order valence-electron chi connectivity index (χ0n) is 55.1. The number of hydrogen-bond donors (Lipinski definition) is 16. The predicted octanol–water partition coefficient (Wildman–Crippen LogP) is -4.34. The molecular weight excluding hydrogens is 1580 g/mol. The molecule has 5 saturated heterocycles. The van der Waals surface area contributed by atoms with Gasteiger partial charge in [-0.2, -0.15) is 4.98 Å². The lowest BCUT2D eigenvalue weighted by Gasteiger charge is -2.26. The van der Waals surface area contributed by atoms with Gasteiger partial charge in [-0.05, 0) is 6.92 Å². The third-order valence-corrected chi connectivity index (χ3v) is 22.1. The predicted molar refractivity (Wildman–Crippen MR) is 351 cm³/mol. The van der Waals surface area contributed by atoms with E-state index in [2.05, 4.69) is 59.8 Å². The first-order valence-electron chi connectivity index (χ1n) is 31.6. The Hall–Kier alpha value is -7.93. The van der Waals surface area contributed by atoms with Gasteiger partial charge in [0.1, 0.15) is 127 Å². The van der Waals surface area contributed by atoms with Crippen LogP contribution in [0.2, 0.25) is 0 Å². The van der Waals surface area contributed by atoms with Crippen LogP contribution in [0.5, 0.6) is 0 Å². The number of nitrogens with two attached hydrogens (primary N) is 4. The first-order valence-corrected chi connectivity index (χ1v) is 39.2. The topological polar surface area (TPSA) is 770 Å². The molecule has 59 heteroatoms. The Morgan fingerprint density at radius 3 is 1.28 bits per heavy atom. The second kappa shape index (κ2) is 30.0. The summed E-state index contributed by atoms with van der Waals surface area (Å²) in [5.74, 6) is -0.701. The van der Waals surface area contributed by atoms with Crippen LogP contribution in [0.15, 0.2) is 64.9 Å². The van der Waals surface area contributed by atoms with Gasteiger partial charge in [-0.1, -0.05) is 0 Å². The highest BCUT2D eigenvalue weighted by atomic mass is 31.2. The molecule has 4 unspecified atom stereocenters. The molecule has 0 amide bonds. The number of aryl methyl sites for hydroxylation is 1. The number of nitrogen functional groups attached to an aromatic ring is 4. The van der Waals surface area contributed by atoms with Gasteiger partial charge in [-0.25, -0.2) is 77.5 Å². The van der Waals surface area contributed by atoms with Crippen molar-refractivity contribution in [3.8, 4) is 0 Å². The zero-order valence-corrected chi connectivity index (χ0v) is 59.6. The molecule has 5 aliphatic rings. The van der Waals surface area contributed by atoms with E-state index in [0.29, 0.717) is 0 Å². The number of nitrogens with one attached hydrogen (secondary N) is 2. The molecule has 0 radical (unpaired) electrons. The van der Waals surface area contributed by atoms with Gasteiger partial charge in [-0.15, -0.1) is 0 Å². The van der Waals surface area contributed by atoms with E-state index in [1.54, 1.807) is 0 Å². The van der Waals surface area contributed by atoms with Crippen molar-refractivity contribution < 1.29 is 137 Å². The fourth-order valence-corrected chi connectivity index (χ4v) is 17.1. The molecule has 0 aromatic carbocycles. The average Bonchev–Trinajstić information content (AvgIpc) is 1.61. The summed E-state index contributed by atoms with van der Waals surface area (Å²) in [4.78, 5) is 152. The molecule has 590 valence electrons. The first kappa shape index (κ1) is 77.8. The number of aliphatic hydroxyl groups is 4. The van der Waals surface area contributed by atoms with Gasteiger partial charge >= 0.3 is 44.8 Å². The second-order valence-electron chi connectivity index (χ2n) is 24.6. The Kier molecular flexibility index (Phi) is 21.4. The fraction of sp³-hybridized carbons (Fsp3) is 0.520. The highest BCUT2D eigenvalue weighted by Crippen LogP contribution is 2.56. The Morgan fingerprint density at radius 1 is 0.459 bits per heavy atom. The summed E-state index contributed by atoms with van der Waals surface area (Å²) in [6.07, 6.45) is -25.2. The van der Waals surface area contributed by atoms with Crippen molar-refractivity contribution in [1.29, 1.82) is 0 Å². The number of hydrogen-bond acceptors (Lipinski definition) is 41. The van der Waals surface area contributed by atoms with E-state index in [0.717, 1.165) is 62.4 Å². The lowest BCUT2D eigenvalue weighted by atomic mass is 10.1. The fourth-order valence-electron chi connectivity index (χ4n) is 12.6. The number of aliphatic hydroxyl groups excluding tert-OH is 4. The number of anilines is 4. The lowest BCUT2D eigenvalue weighted by Crippen LogP contribution is -2.38. The maximum Gasteiger partial charge on any atom is 0.472 e. The van der Waals surface area contributed by atoms with Crippen LogP contribution >= 0.6 is 39.1 Å². The van der Waals surface area contributed by atoms with Crippen LogP contribution in [0.1, 0.15) is 49.5 Å². The standard InChI is InChI=1S/C50H63N22O32P5/c1-17-4-68(50(79)67-44(17)77)25-3-19(101-107(85,86)92-7-22-34(102-105(80,81)82)31(74)46(97-22)70-14-62-28-38(52)56-11-59-41(28)70)21(96-25)6-91-108(87,88)103-36-24(99-48(33(36)76)72-16-64-30-43(72)65-49(54)66-45(30)78)9-94-109(89,90)104-35-23(98-47(32(35)75)71-15-63-29-39(53)57-12-60-42(29)71)8-93-106(83,84)100-18-2-26(95-20(18)5-73)69-13-61-27-37(51)55-10-58-40(27)69/h4,10-16,18-26,31-36,46-48,73-76H,2-3,5-9H2,1H3,(H,83,84)(H,85,86)(H,87,88)(H,89,90)(H2,51,55,58)(H2,52,56,59)(H2,53,57,60)(H,67,77,79)(H2,80,81,82)(H3,54,65,66,78)/t18-,19-,20+,21+,22+,23+,24+,25+,26+,31+,32+,33+,34+,35+,36+,46+,47+,48+/m0/s1. The summed E-state index contributed by atoms with van der Waals surface area (Å²) in [6, 6.07) is 0. The molecule has 109 heavy (non-hydrogen) atoms. The Bertz CT molecular complexity index is 5370. The van der Waals surface area contributed by atoms with Crippen molar-refractivity contribution in [1.82, 2.24) is 87.6 Å². The first-order chi connectivity index (χ1) is 51.5. The Balaban J connectivity index is 0.693. The van der Waals surface area contributed by atoms with Gasteiger partial charge in [0.25, 0.3) is 11.1 Å². The largest absolute Gasteiger partial charge is 0.472 e. The number of ether oxygens (including phenoxy) is 5. The van der Waals surface area contributed by atoms with Crippen LogP contribution in [-0.2, 0) is 87.2 Å². The SMILES string of the molecule is Cc1cn([C@H]2C[C@H](OP(=O)(O)OC[C@H]3O[C@@H](n4cnc5c(N)ncnc54)[C@H](O)[C@@H]3OP(=O)(O)O)[C@@H](COP(=O)(O)O[C@H]3[C@@H](O)[C@H](n4cnc5c(=O)[nH]c(N)nc54)O[C@@H]3COP(=O)(O)O[C@H]3[C@@H](O)[C@H](n4cnc5c(N)ncnc54)O[C@@H]3COP(=O)(O)O[C@H]3C[C@H](n4cnc5c(N)ncnc54)O[C@@H]3CO)O2)c(=O)[nH]c1=O. The second-order valence-corrected chi connectivity index (χ2v) is 31.4. The minimum atomic E-state index is -5.85. The smallest absolute Gasteiger partial charge is 0.394 e. The number of phosphoric acid groups is 5. The molecule has 0 aliphatic carbocycles. The summed E-state index contributed by atoms with van der Waals surface area (Å²) in [5, 5.41) is 45.7. The highest BCUT2D eigenvalue weighted by Gasteiger charge is 2.55. The number of fused-ring (bicyclic) bond motifs is 4. The minimum Gasteiger partial charge on any atom is -0.394 e. The van der Waals surface area contributed by atoms with Gasteiger partial charge in [0.05, 0.1) is 58.3 Å². The number of imidazole rings is 4. The molecular formula is C50H63N22O32P5. The molecule has 9 aromatic heterocycles. The molecule has 5 fully saturated rings. The third kappa shape index (κ3) is 16.0.